The highest BCUT2D eigenvalue weighted by Crippen LogP contribution is 2.24. The molecule has 5 heteroatoms. The molecule has 1 aliphatic rings. The van der Waals surface area contributed by atoms with Gasteiger partial charge in [0.1, 0.15) is 0 Å². The maximum absolute atomic E-state index is 5.13. The predicted molar refractivity (Wildman–Crippen MR) is 59.7 cm³/mol. The Labute approximate surface area is 95.2 Å². The highest BCUT2D eigenvalue weighted by Gasteiger charge is 2.18. The van der Waals surface area contributed by atoms with E-state index >= 15 is 0 Å². The molecular weight excluding hydrogens is 206 g/mol. The van der Waals surface area contributed by atoms with Gasteiger partial charge < -0.3 is 14.8 Å². The maximum atomic E-state index is 5.13. The first-order valence-corrected chi connectivity index (χ1v) is 5.54. The molecule has 0 saturated carbocycles. The normalized spacial score (nSPS) is 20.5. The van der Waals surface area contributed by atoms with Gasteiger partial charge in [-0.25, -0.2) is 0 Å². The van der Waals surface area contributed by atoms with Gasteiger partial charge in [0.25, 0.3) is 0 Å². The first-order valence-electron chi connectivity index (χ1n) is 5.54. The molecule has 1 fully saturated rings. The molecule has 1 atom stereocenters. The Balaban J connectivity index is 2.24. The third-order valence-electron chi connectivity index (χ3n) is 2.76. The number of rotatable bonds is 3. The van der Waals surface area contributed by atoms with Crippen molar-refractivity contribution in [2.24, 2.45) is 0 Å². The molecule has 1 N–H and O–H groups in total. The van der Waals surface area contributed by atoms with Crippen LogP contribution >= 0.6 is 0 Å². The summed E-state index contributed by atoms with van der Waals surface area (Å²) in [5, 5.41) is 3.44. The van der Waals surface area contributed by atoms with Gasteiger partial charge in [-0.3, -0.25) is 0 Å². The molecule has 0 amide bonds. The van der Waals surface area contributed by atoms with Crippen molar-refractivity contribution in [2.75, 3.05) is 20.8 Å². The van der Waals surface area contributed by atoms with Crippen LogP contribution in [0, 0.1) is 0 Å². The molecule has 2 heterocycles. The third kappa shape index (κ3) is 2.41. The number of aromatic nitrogens is 2. The number of hydrogen-bond acceptors (Lipinski definition) is 5. The molecule has 0 bridgehead atoms. The molecule has 88 valence electrons. The zero-order chi connectivity index (χ0) is 11.4. The van der Waals surface area contributed by atoms with Crippen molar-refractivity contribution < 1.29 is 9.47 Å². The van der Waals surface area contributed by atoms with Crippen molar-refractivity contribution in [1.29, 1.82) is 0 Å². The Hall–Kier alpha value is -1.36. The average molecular weight is 223 g/mol. The lowest BCUT2D eigenvalue weighted by Gasteiger charge is -2.23. The van der Waals surface area contributed by atoms with Gasteiger partial charge in [-0.2, -0.15) is 9.97 Å². The van der Waals surface area contributed by atoms with Crippen molar-refractivity contribution in [1.82, 2.24) is 15.3 Å². The van der Waals surface area contributed by atoms with E-state index in [-0.39, 0.29) is 0 Å². The van der Waals surface area contributed by atoms with Crippen molar-refractivity contribution in [3.63, 3.8) is 0 Å². The SMILES string of the molecule is COc1cc(C2CCCCN2)nc(OC)n1. The summed E-state index contributed by atoms with van der Waals surface area (Å²) in [7, 11) is 3.16. The maximum Gasteiger partial charge on any atom is 0.319 e. The molecule has 0 aromatic carbocycles. The minimum Gasteiger partial charge on any atom is -0.481 e. The van der Waals surface area contributed by atoms with Crippen molar-refractivity contribution in [3.8, 4) is 11.9 Å². The minimum atomic E-state index is 0.291. The summed E-state index contributed by atoms with van der Waals surface area (Å²) < 4.78 is 10.2. The molecule has 2 rings (SSSR count). The molecule has 1 unspecified atom stereocenters. The Morgan fingerprint density at radius 2 is 2.12 bits per heavy atom. The smallest absolute Gasteiger partial charge is 0.319 e. The van der Waals surface area contributed by atoms with E-state index in [1.165, 1.54) is 12.8 Å². The molecule has 5 nitrogen and oxygen atoms in total. The standard InChI is InChI=1S/C11H17N3O2/c1-15-10-7-9(13-11(14-10)16-2)8-5-3-4-6-12-8/h7-8,12H,3-6H2,1-2H3. The van der Waals surface area contributed by atoms with Crippen LogP contribution in [0.25, 0.3) is 0 Å². The van der Waals surface area contributed by atoms with Crippen LogP contribution in [0.2, 0.25) is 0 Å². The first-order chi connectivity index (χ1) is 7.83. The van der Waals surface area contributed by atoms with Crippen LogP contribution in [0.15, 0.2) is 6.07 Å². The fourth-order valence-corrected chi connectivity index (χ4v) is 1.90. The zero-order valence-electron chi connectivity index (χ0n) is 9.69. The Morgan fingerprint density at radius 3 is 2.75 bits per heavy atom. The second-order valence-electron chi connectivity index (χ2n) is 3.82. The van der Waals surface area contributed by atoms with Crippen LogP contribution in [0.5, 0.6) is 11.9 Å². The second kappa shape index (κ2) is 5.12. The molecule has 0 spiro atoms. The average Bonchev–Trinajstić information content (AvgIpc) is 2.39. The summed E-state index contributed by atoms with van der Waals surface area (Å²) in [4.78, 5) is 8.43. The minimum absolute atomic E-state index is 0.291. The summed E-state index contributed by atoms with van der Waals surface area (Å²) >= 11 is 0. The molecule has 1 aromatic rings. The fraction of sp³-hybridized carbons (Fsp3) is 0.636. The van der Waals surface area contributed by atoms with Crippen LogP contribution in [0.4, 0.5) is 0 Å². The summed E-state index contributed by atoms with van der Waals surface area (Å²) in [5.74, 6) is 0.550. The van der Waals surface area contributed by atoms with E-state index < -0.39 is 0 Å². The molecule has 1 saturated heterocycles. The topological polar surface area (TPSA) is 56.3 Å². The van der Waals surface area contributed by atoms with Gasteiger partial charge in [0.2, 0.25) is 5.88 Å². The molecule has 0 aliphatic carbocycles. The summed E-state index contributed by atoms with van der Waals surface area (Å²) in [5.41, 5.74) is 0.948. The van der Waals surface area contributed by atoms with E-state index in [1.54, 1.807) is 14.2 Å². The predicted octanol–water partition coefficient (Wildman–Crippen LogP) is 1.31. The van der Waals surface area contributed by atoms with Crippen molar-refractivity contribution in [3.05, 3.63) is 11.8 Å². The van der Waals surface area contributed by atoms with Gasteiger partial charge in [0.15, 0.2) is 0 Å². The molecular formula is C11H17N3O2. The lowest BCUT2D eigenvalue weighted by atomic mass is 10.0. The van der Waals surface area contributed by atoms with E-state index in [9.17, 15) is 0 Å². The van der Waals surface area contributed by atoms with Gasteiger partial charge >= 0.3 is 6.01 Å². The van der Waals surface area contributed by atoms with Crippen molar-refractivity contribution >= 4 is 0 Å². The highest BCUT2D eigenvalue weighted by atomic mass is 16.5. The van der Waals surface area contributed by atoms with Gasteiger partial charge in [0, 0.05) is 12.1 Å². The third-order valence-corrected chi connectivity index (χ3v) is 2.76. The summed E-state index contributed by atoms with van der Waals surface area (Å²) in [6.07, 6.45) is 3.56. The van der Waals surface area contributed by atoms with Gasteiger partial charge in [0.05, 0.1) is 19.9 Å². The van der Waals surface area contributed by atoms with E-state index in [0.717, 1.165) is 18.7 Å². The molecule has 0 radical (unpaired) electrons. The van der Waals surface area contributed by atoms with E-state index in [0.29, 0.717) is 17.9 Å². The zero-order valence-corrected chi connectivity index (χ0v) is 9.69. The van der Waals surface area contributed by atoms with Crippen LogP contribution < -0.4 is 14.8 Å². The molecule has 1 aliphatic heterocycles. The van der Waals surface area contributed by atoms with E-state index in [2.05, 4.69) is 15.3 Å². The van der Waals surface area contributed by atoms with Gasteiger partial charge in [-0.15, -0.1) is 0 Å². The number of hydrogen-bond donors (Lipinski definition) is 1. The number of piperidine rings is 1. The second-order valence-corrected chi connectivity index (χ2v) is 3.82. The largest absolute Gasteiger partial charge is 0.481 e. The summed E-state index contributed by atoms with van der Waals surface area (Å²) in [6, 6.07) is 2.52. The number of ether oxygens (including phenoxy) is 2. The van der Waals surface area contributed by atoms with Gasteiger partial charge in [-0.05, 0) is 19.4 Å². The summed E-state index contributed by atoms with van der Waals surface area (Å²) in [6.45, 7) is 1.04. The van der Waals surface area contributed by atoms with Crippen LogP contribution in [-0.4, -0.2) is 30.7 Å². The molecule has 16 heavy (non-hydrogen) atoms. The van der Waals surface area contributed by atoms with Gasteiger partial charge in [-0.1, -0.05) is 6.42 Å². The Kier molecular flexibility index (Phi) is 3.56. The number of nitrogens with one attached hydrogen (secondary N) is 1. The van der Waals surface area contributed by atoms with E-state index in [4.69, 9.17) is 9.47 Å². The number of methoxy groups -OCH3 is 2. The van der Waals surface area contributed by atoms with Crippen LogP contribution in [0.1, 0.15) is 31.0 Å². The van der Waals surface area contributed by atoms with Crippen LogP contribution in [-0.2, 0) is 0 Å². The highest BCUT2D eigenvalue weighted by molar-refractivity contribution is 5.21. The number of nitrogens with zero attached hydrogens (tertiary/aromatic N) is 2. The van der Waals surface area contributed by atoms with Crippen LogP contribution in [0.3, 0.4) is 0 Å². The lowest BCUT2D eigenvalue weighted by Crippen LogP contribution is -2.27. The monoisotopic (exact) mass is 223 g/mol. The first kappa shape index (κ1) is 11.1. The Morgan fingerprint density at radius 1 is 1.25 bits per heavy atom. The lowest BCUT2D eigenvalue weighted by molar-refractivity contribution is 0.340. The molecule has 1 aromatic heterocycles. The van der Waals surface area contributed by atoms with E-state index in [1.807, 2.05) is 6.07 Å². The quantitative estimate of drug-likeness (QED) is 0.837. The van der Waals surface area contributed by atoms with Crippen molar-refractivity contribution in [2.45, 2.75) is 25.3 Å². The fourth-order valence-electron chi connectivity index (χ4n) is 1.90. The Bertz CT molecular complexity index is 329.